The molecule has 4 nitrogen and oxygen atoms in total. The molecule has 2 aromatic heterocycles. The Balaban J connectivity index is 1.70. The third-order valence-corrected chi connectivity index (χ3v) is 3.20. The molecule has 0 amide bonds. The highest BCUT2D eigenvalue weighted by molar-refractivity contribution is 5.82. The van der Waals surface area contributed by atoms with E-state index in [-0.39, 0.29) is 0 Å². The zero-order chi connectivity index (χ0) is 11.9. The summed E-state index contributed by atoms with van der Waals surface area (Å²) in [5.74, 6) is 1.72. The molecular formula is C14H13N3O. The van der Waals surface area contributed by atoms with Gasteiger partial charge in [0.2, 0.25) is 0 Å². The molecule has 0 spiro atoms. The lowest BCUT2D eigenvalue weighted by atomic mass is 10.2. The lowest BCUT2D eigenvalue weighted by Crippen LogP contribution is -2.00. The molecule has 0 radical (unpaired) electrons. The van der Waals surface area contributed by atoms with Crippen molar-refractivity contribution in [2.24, 2.45) is 0 Å². The molecule has 1 aliphatic rings. The number of hydrogen-bond acceptors (Lipinski definition) is 3. The van der Waals surface area contributed by atoms with Crippen molar-refractivity contribution in [2.75, 3.05) is 5.32 Å². The van der Waals surface area contributed by atoms with Crippen molar-refractivity contribution in [3.8, 4) is 11.5 Å². The van der Waals surface area contributed by atoms with Crippen LogP contribution in [0.3, 0.4) is 0 Å². The van der Waals surface area contributed by atoms with Gasteiger partial charge in [-0.05, 0) is 25.0 Å². The number of nitrogens with zero attached hydrogens (tertiary/aromatic N) is 1. The monoisotopic (exact) mass is 239 g/mol. The van der Waals surface area contributed by atoms with Crippen molar-refractivity contribution >= 4 is 16.8 Å². The van der Waals surface area contributed by atoms with Gasteiger partial charge in [0, 0.05) is 17.5 Å². The van der Waals surface area contributed by atoms with E-state index in [4.69, 9.17) is 4.42 Å². The van der Waals surface area contributed by atoms with Crippen LogP contribution in [0.2, 0.25) is 0 Å². The molecule has 2 heterocycles. The molecule has 1 aromatic carbocycles. The van der Waals surface area contributed by atoms with E-state index < -0.39 is 0 Å². The molecule has 1 fully saturated rings. The third-order valence-electron chi connectivity index (χ3n) is 3.20. The van der Waals surface area contributed by atoms with Crippen LogP contribution in [0.1, 0.15) is 12.8 Å². The standard InChI is InChI=1S/C14H13N3O/c1-2-4-12-9(3-1)7-13(18-12)11-8-14(17-16-11)15-10-5-6-10/h1-4,7-8,10H,5-6H2,(H2,15,16,17). The number of rotatable bonds is 3. The van der Waals surface area contributed by atoms with Gasteiger partial charge < -0.3 is 9.73 Å². The molecule has 0 unspecified atom stereocenters. The summed E-state index contributed by atoms with van der Waals surface area (Å²) >= 11 is 0. The highest BCUT2D eigenvalue weighted by atomic mass is 16.3. The number of furan rings is 1. The summed E-state index contributed by atoms with van der Waals surface area (Å²) in [5.41, 5.74) is 1.81. The Kier molecular flexibility index (Phi) is 1.97. The molecule has 1 saturated carbocycles. The number of benzene rings is 1. The van der Waals surface area contributed by atoms with Gasteiger partial charge in [-0.2, -0.15) is 5.10 Å². The summed E-state index contributed by atoms with van der Waals surface area (Å²) < 4.78 is 5.79. The van der Waals surface area contributed by atoms with Crippen LogP contribution >= 0.6 is 0 Å². The van der Waals surface area contributed by atoms with E-state index in [2.05, 4.69) is 15.5 Å². The van der Waals surface area contributed by atoms with E-state index in [0.717, 1.165) is 28.2 Å². The fourth-order valence-corrected chi connectivity index (χ4v) is 2.07. The largest absolute Gasteiger partial charge is 0.454 e. The first-order chi connectivity index (χ1) is 8.88. The number of fused-ring (bicyclic) bond motifs is 1. The van der Waals surface area contributed by atoms with E-state index in [1.807, 2.05) is 36.4 Å². The van der Waals surface area contributed by atoms with Gasteiger partial charge in [0.25, 0.3) is 0 Å². The number of aromatic nitrogens is 2. The highest BCUT2D eigenvalue weighted by Gasteiger charge is 2.22. The quantitative estimate of drug-likeness (QED) is 0.736. The number of nitrogens with one attached hydrogen (secondary N) is 2. The van der Waals surface area contributed by atoms with E-state index >= 15 is 0 Å². The van der Waals surface area contributed by atoms with Gasteiger partial charge in [0.05, 0.1) is 0 Å². The van der Waals surface area contributed by atoms with Gasteiger partial charge in [0.15, 0.2) is 5.76 Å². The lowest BCUT2D eigenvalue weighted by molar-refractivity contribution is 0.628. The molecule has 0 aliphatic heterocycles. The molecule has 2 N–H and O–H groups in total. The summed E-state index contributed by atoms with van der Waals surface area (Å²) in [7, 11) is 0. The maximum Gasteiger partial charge on any atom is 0.153 e. The first-order valence-electron chi connectivity index (χ1n) is 6.19. The minimum atomic E-state index is 0.608. The average Bonchev–Trinajstić information content (AvgIpc) is 2.92. The Morgan fingerprint density at radius 1 is 1.22 bits per heavy atom. The molecule has 90 valence electrons. The second kappa shape index (κ2) is 3.63. The SMILES string of the molecule is c1ccc2oc(-c3cc(NC4CC4)n[nH]3)cc2c1. The summed E-state index contributed by atoms with van der Waals surface area (Å²) in [6.07, 6.45) is 2.49. The van der Waals surface area contributed by atoms with Crippen LogP contribution in [0.4, 0.5) is 5.82 Å². The zero-order valence-electron chi connectivity index (χ0n) is 9.81. The van der Waals surface area contributed by atoms with Gasteiger partial charge >= 0.3 is 0 Å². The number of H-pyrrole nitrogens is 1. The van der Waals surface area contributed by atoms with E-state index in [1.165, 1.54) is 12.8 Å². The topological polar surface area (TPSA) is 53.9 Å². The lowest BCUT2D eigenvalue weighted by Gasteiger charge is -1.95. The summed E-state index contributed by atoms with van der Waals surface area (Å²) in [6.45, 7) is 0. The van der Waals surface area contributed by atoms with Crippen molar-refractivity contribution in [3.63, 3.8) is 0 Å². The number of anilines is 1. The van der Waals surface area contributed by atoms with E-state index in [0.29, 0.717) is 6.04 Å². The van der Waals surface area contributed by atoms with Crippen LogP contribution < -0.4 is 5.32 Å². The van der Waals surface area contributed by atoms with Gasteiger partial charge in [-0.25, -0.2) is 0 Å². The minimum absolute atomic E-state index is 0.608. The van der Waals surface area contributed by atoms with Crippen LogP contribution in [-0.4, -0.2) is 16.2 Å². The molecule has 0 saturated heterocycles. The molecule has 0 bridgehead atoms. The summed E-state index contributed by atoms with van der Waals surface area (Å²) in [6, 6.07) is 12.6. The van der Waals surface area contributed by atoms with E-state index in [9.17, 15) is 0 Å². The fourth-order valence-electron chi connectivity index (χ4n) is 2.07. The predicted molar refractivity (Wildman–Crippen MR) is 70.4 cm³/mol. The number of aromatic amines is 1. The summed E-state index contributed by atoms with van der Waals surface area (Å²) in [5, 5.41) is 11.7. The Labute approximate surface area is 104 Å². The number of hydrogen-bond donors (Lipinski definition) is 2. The van der Waals surface area contributed by atoms with Gasteiger partial charge in [0.1, 0.15) is 17.1 Å². The normalized spacial score (nSPS) is 15.1. The molecule has 3 aromatic rings. The maximum absolute atomic E-state index is 5.79. The molecule has 4 rings (SSSR count). The fraction of sp³-hybridized carbons (Fsp3) is 0.214. The van der Waals surface area contributed by atoms with Crippen LogP contribution in [0.5, 0.6) is 0 Å². The third kappa shape index (κ3) is 1.66. The Hall–Kier alpha value is -2.23. The van der Waals surface area contributed by atoms with Crippen LogP contribution in [-0.2, 0) is 0 Å². The Morgan fingerprint density at radius 3 is 2.94 bits per heavy atom. The first-order valence-corrected chi connectivity index (χ1v) is 6.19. The molecule has 4 heteroatoms. The minimum Gasteiger partial charge on any atom is -0.454 e. The maximum atomic E-state index is 5.79. The second-order valence-corrected chi connectivity index (χ2v) is 4.73. The van der Waals surface area contributed by atoms with Gasteiger partial charge in [-0.1, -0.05) is 18.2 Å². The second-order valence-electron chi connectivity index (χ2n) is 4.73. The van der Waals surface area contributed by atoms with Crippen LogP contribution in [0.15, 0.2) is 40.8 Å². The first kappa shape index (κ1) is 9.76. The zero-order valence-corrected chi connectivity index (χ0v) is 9.81. The van der Waals surface area contributed by atoms with Crippen LogP contribution in [0.25, 0.3) is 22.4 Å². The van der Waals surface area contributed by atoms with Crippen LogP contribution in [0, 0.1) is 0 Å². The Morgan fingerprint density at radius 2 is 2.11 bits per heavy atom. The van der Waals surface area contributed by atoms with Gasteiger partial charge in [-0.15, -0.1) is 0 Å². The van der Waals surface area contributed by atoms with E-state index in [1.54, 1.807) is 0 Å². The van der Waals surface area contributed by atoms with Gasteiger partial charge in [-0.3, -0.25) is 5.10 Å². The highest BCUT2D eigenvalue weighted by Crippen LogP contribution is 2.29. The van der Waals surface area contributed by atoms with Crippen molar-refractivity contribution in [1.29, 1.82) is 0 Å². The molecular weight excluding hydrogens is 226 g/mol. The molecule has 0 atom stereocenters. The number of para-hydroxylation sites is 1. The van der Waals surface area contributed by atoms with Crippen molar-refractivity contribution < 1.29 is 4.42 Å². The summed E-state index contributed by atoms with van der Waals surface area (Å²) in [4.78, 5) is 0. The molecule has 18 heavy (non-hydrogen) atoms. The van der Waals surface area contributed by atoms with Crippen molar-refractivity contribution in [3.05, 3.63) is 36.4 Å². The predicted octanol–water partition coefficient (Wildman–Crippen LogP) is 3.40. The van der Waals surface area contributed by atoms with Crippen molar-refractivity contribution in [2.45, 2.75) is 18.9 Å². The van der Waals surface area contributed by atoms with Crippen molar-refractivity contribution in [1.82, 2.24) is 10.2 Å². The Bertz CT molecular complexity index is 661. The molecule has 1 aliphatic carbocycles. The smallest absolute Gasteiger partial charge is 0.153 e. The average molecular weight is 239 g/mol.